The molecule has 1 aromatic carbocycles. The third-order valence-corrected chi connectivity index (χ3v) is 5.93. The Bertz CT molecular complexity index is 527. The maximum absolute atomic E-state index is 10.3. The second-order valence-corrected chi connectivity index (χ2v) is 8.61. The normalized spacial score (nSPS) is 16.5. The molecule has 1 fully saturated rings. The molecule has 1 aliphatic rings. The molecule has 0 radical (unpaired) electrons. The number of phenols is 2. The first kappa shape index (κ1) is 18.2. The molecule has 0 saturated heterocycles. The lowest BCUT2D eigenvalue weighted by Crippen LogP contribution is -2.10. The predicted molar refractivity (Wildman–Crippen MR) is 97.1 cm³/mol. The Morgan fingerprint density at radius 1 is 1.09 bits per heavy atom. The van der Waals surface area contributed by atoms with Crippen LogP contribution in [0.15, 0.2) is 12.1 Å². The molecular weight excluding hydrogens is 284 g/mol. The van der Waals surface area contributed by atoms with Gasteiger partial charge in [-0.1, -0.05) is 40.2 Å². The van der Waals surface area contributed by atoms with Crippen molar-refractivity contribution in [3.8, 4) is 11.5 Å². The van der Waals surface area contributed by atoms with Crippen LogP contribution in [-0.2, 0) is 12.8 Å². The van der Waals surface area contributed by atoms with E-state index < -0.39 is 0 Å². The molecule has 130 valence electrons. The van der Waals surface area contributed by atoms with Crippen molar-refractivity contribution < 1.29 is 10.2 Å². The predicted octanol–water partition coefficient (Wildman–Crippen LogP) is 5.98. The molecule has 0 aromatic heterocycles. The molecule has 0 amide bonds. The van der Waals surface area contributed by atoms with Crippen LogP contribution in [0.3, 0.4) is 0 Å². The summed E-state index contributed by atoms with van der Waals surface area (Å²) in [5.41, 5.74) is 3.13. The highest BCUT2D eigenvalue weighted by atomic mass is 16.3. The van der Waals surface area contributed by atoms with Crippen molar-refractivity contribution in [3.63, 3.8) is 0 Å². The van der Waals surface area contributed by atoms with E-state index in [1.165, 1.54) is 37.7 Å². The van der Waals surface area contributed by atoms with Crippen LogP contribution < -0.4 is 0 Å². The van der Waals surface area contributed by atoms with E-state index in [0.29, 0.717) is 10.8 Å². The molecule has 0 unspecified atom stereocenters. The Kier molecular flexibility index (Phi) is 5.65. The highest BCUT2D eigenvalue weighted by Crippen LogP contribution is 2.49. The first-order valence-electron chi connectivity index (χ1n) is 9.29. The topological polar surface area (TPSA) is 40.5 Å². The van der Waals surface area contributed by atoms with Crippen LogP contribution >= 0.6 is 0 Å². The summed E-state index contributed by atoms with van der Waals surface area (Å²) in [7, 11) is 0. The zero-order valence-corrected chi connectivity index (χ0v) is 15.4. The van der Waals surface area contributed by atoms with Crippen LogP contribution in [0.2, 0.25) is 0 Å². The molecule has 0 bridgehead atoms. The fourth-order valence-corrected chi connectivity index (χ4v) is 3.27. The molecule has 1 saturated carbocycles. The Labute approximate surface area is 141 Å². The lowest BCUT2D eigenvalue weighted by atomic mass is 9.83. The molecule has 0 spiro atoms. The zero-order valence-electron chi connectivity index (χ0n) is 15.4. The van der Waals surface area contributed by atoms with Crippen LogP contribution in [0.25, 0.3) is 0 Å². The van der Waals surface area contributed by atoms with Crippen LogP contribution in [0.4, 0.5) is 0 Å². The lowest BCUT2D eigenvalue weighted by Gasteiger charge is -2.23. The van der Waals surface area contributed by atoms with Gasteiger partial charge in [-0.3, -0.25) is 0 Å². The van der Waals surface area contributed by atoms with Gasteiger partial charge in [-0.25, -0.2) is 0 Å². The molecule has 1 aliphatic carbocycles. The summed E-state index contributed by atoms with van der Waals surface area (Å²) in [4.78, 5) is 0. The van der Waals surface area contributed by atoms with Crippen LogP contribution in [-0.4, -0.2) is 10.2 Å². The van der Waals surface area contributed by atoms with Crippen molar-refractivity contribution in [1.82, 2.24) is 0 Å². The van der Waals surface area contributed by atoms with E-state index in [1.54, 1.807) is 6.07 Å². The Hall–Kier alpha value is -1.18. The van der Waals surface area contributed by atoms with E-state index in [-0.39, 0.29) is 11.5 Å². The van der Waals surface area contributed by atoms with Crippen LogP contribution in [0.1, 0.15) is 83.8 Å². The molecule has 0 aliphatic heterocycles. The smallest absolute Gasteiger partial charge is 0.160 e. The lowest BCUT2D eigenvalue weighted by molar-refractivity contribution is 0.311. The van der Waals surface area contributed by atoms with E-state index in [1.807, 2.05) is 6.07 Å². The Balaban J connectivity index is 1.98. The number of aromatic hydroxyl groups is 2. The van der Waals surface area contributed by atoms with Gasteiger partial charge in [0.2, 0.25) is 0 Å². The van der Waals surface area contributed by atoms with Gasteiger partial charge in [0.15, 0.2) is 11.5 Å². The maximum atomic E-state index is 10.3. The van der Waals surface area contributed by atoms with E-state index in [9.17, 15) is 10.2 Å². The van der Waals surface area contributed by atoms with E-state index >= 15 is 0 Å². The molecule has 0 heterocycles. The van der Waals surface area contributed by atoms with Gasteiger partial charge in [0, 0.05) is 5.56 Å². The highest BCUT2D eigenvalue weighted by Gasteiger charge is 2.36. The zero-order chi connectivity index (χ0) is 17.1. The molecular formula is C21H34O2. The SMILES string of the molecule is CCC(C)(C)CCCc1c(CCCC2(C)CC2)ccc(O)c1O. The van der Waals surface area contributed by atoms with Crippen molar-refractivity contribution in [2.75, 3.05) is 0 Å². The fraction of sp³-hybridized carbons (Fsp3) is 0.714. The summed E-state index contributed by atoms with van der Waals surface area (Å²) in [6, 6.07) is 3.65. The monoisotopic (exact) mass is 318 g/mol. The van der Waals surface area contributed by atoms with Gasteiger partial charge >= 0.3 is 0 Å². The molecule has 2 heteroatoms. The van der Waals surface area contributed by atoms with Crippen molar-refractivity contribution >= 4 is 0 Å². The van der Waals surface area contributed by atoms with E-state index in [0.717, 1.165) is 31.2 Å². The molecule has 0 atom stereocenters. The van der Waals surface area contributed by atoms with Gasteiger partial charge in [0.05, 0.1) is 0 Å². The molecule has 2 rings (SSSR count). The number of rotatable bonds is 9. The summed E-state index contributed by atoms with van der Waals surface area (Å²) < 4.78 is 0. The van der Waals surface area contributed by atoms with Gasteiger partial charge in [-0.15, -0.1) is 0 Å². The number of hydrogen-bond acceptors (Lipinski definition) is 2. The summed E-state index contributed by atoms with van der Waals surface area (Å²) in [5.74, 6) is 0.127. The van der Waals surface area contributed by atoms with E-state index in [4.69, 9.17) is 0 Å². The third kappa shape index (κ3) is 5.16. The van der Waals surface area contributed by atoms with Gasteiger partial charge < -0.3 is 10.2 Å². The molecule has 2 N–H and O–H groups in total. The Morgan fingerprint density at radius 3 is 2.39 bits per heavy atom. The molecule has 23 heavy (non-hydrogen) atoms. The van der Waals surface area contributed by atoms with E-state index in [2.05, 4.69) is 27.7 Å². The standard InChI is InChI=1S/C21H34O2/c1-5-20(2,3)12-7-9-17-16(10-11-18(22)19(17)23)8-6-13-21(4)14-15-21/h10-11,22-23H,5-9,12-15H2,1-4H3. The molecule has 2 nitrogen and oxygen atoms in total. The largest absolute Gasteiger partial charge is 0.504 e. The summed E-state index contributed by atoms with van der Waals surface area (Å²) in [5, 5.41) is 20.1. The second kappa shape index (κ2) is 7.15. The van der Waals surface area contributed by atoms with Crippen molar-refractivity contribution in [2.24, 2.45) is 10.8 Å². The minimum Gasteiger partial charge on any atom is -0.504 e. The maximum Gasteiger partial charge on any atom is 0.160 e. The van der Waals surface area contributed by atoms with Crippen LogP contribution in [0, 0.1) is 10.8 Å². The van der Waals surface area contributed by atoms with Crippen molar-refractivity contribution in [3.05, 3.63) is 23.3 Å². The average molecular weight is 319 g/mol. The first-order valence-corrected chi connectivity index (χ1v) is 9.29. The highest BCUT2D eigenvalue weighted by molar-refractivity contribution is 5.49. The number of phenolic OH excluding ortho intramolecular Hbond substituents is 2. The Morgan fingerprint density at radius 2 is 1.78 bits per heavy atom. The minimum absolute atomic E-state index is 0.0210. The third-order valence-electron chi connectivity index (χ3n) is 5.93. The van der Waals surface area contributed by atoms with Crippen molar-refractivity contribution in [1.29, 1.82) is 0 Å². The number of benzene rings is 1. The minimum atomic E-state index is 0.0210. The summed E-state index contributed by atoms with van der Waals surface area (Å²) >= 11 is 0. The first-order chi connectivity index (χ1) is 10.8. The summed E-state index contributed by atoms with van der Waals surface area (Å²) in [6.45, 7) is 9.20. The number of aryl methyl sites for hydroxylation is 1. The molecule has 1 aromatic rings. The second-order valence-electron chi connectivity index (χ2n) is 8.61. The fourth-order valence-electron chi connectivity index (χ4n) is 3.27. The van der Waals surface area contributed by atoms with Gasteiger partial charge in [0.25, 0.3) is 0 Å². The van der Waals surface area contributed by atoms with Crippen molar-refractivity contribution in [2.45, 2.75) is 85.5 Å². The van der Waals surface area contributed by atoms with Gasteiger partial charge in [0.1, 0.15) is 0 Å². The van der Waals surface area contributed by atoms with Crippen LogP contribution in [0.5, 0.6) is 11.5 Å². The van der Waals surface area contributed by atoms with Gasteiger partial charge in [-0.05, 0) is 73.8 Å². The van der Waals surface area contributed by atoms with Gasteiger partial charge in [-0.2, -0.15) is 0 Å². The summed E-state index contributed by atoms with van der Waals surface area (Å²) in [6.07, 6.45) is 10.4. The average Bonchev–Trinajstić information content (AvgIpc) is 3.23. The number of hydrogen-bond donors (Lipinski definition) is 2. The quantitative estimate of drug-likeness (QED) is 0.550.